The van der Waals surface area contributed by atoms with Crippen LogP contribution in [0, 0.1) is 13.8 Å². The van der Waals surface area contributed by atoms with Gasteiger partial charge in [0.05, 0.1) is 11.1 Å². The summed E-state index contributed by atoms with van der Waals surface area (Å²) in [7, 11) is 0. The predicted molar refractivity (Wildman–Crippen MR) is 58.1 cm³/mol. The summed E-state index contributed by atoms with van der Waals surface area (Å²) < 4.78 is 1.97. The van der Waals surface area contributed by atoms with Crippen LogP contribution < -0.4 is 0 Å². The Morgan fingerprint density at radius 2 is 2.13 bits per heavy atom. The Morgan fingerprint density at radius 3 is 2.73 bits per heavy atom. The van der Waals surface area contributed by atoms with E-state index in [1.54, 1.807) is 0 Å². The zero-order valence-electron chi connectivity index (χ0n) is 9.11. The van der Waals surface area contributed by atoms with Gasteiger partial charge in [0.25, 0.3) is 0 Å². The average Bonchev–Trinajstić information content (AvgIpc) is 2.55. The smallest absolute Gasteiger partial charge is 0.152 e. The lowest BCUT2D eigenvalue weighted by Gasteiger charge is -2.01. The topological polar surface area (TPSA) is 47.8 Å². The summed E-state index contributed by atoms with van der Waals surface area (Å²) in [5.74, 6) is 0.741. The van der Waals surface area contributed by atoms with Gasteiger partial charge in [-0.3, -0.25) is 4.79 Å². The Bertz CT molecular complexity index is 528. The van der Waals surface area contributed by atoms with Crippen molar-refractivity contribution < 1.29 is 4.79 Å². The highest BCUT2D eigenvalue weighted by atomic mass is 16.1. The molecule has 2 aromatic rings. The minimum Gasteiger partial charge on any atom is -0.332 e. The van der Waals surface area contributed by atoms with Crippen molar-refractivity contribution in [2.45, 2.75) is 27.3 Å². The lowest BCUT2D eigenvalue weighted by Crippen LogP contribution is -1.97. The maximum Gasteiger partial charge on any atom is 0.152 e. The SMILES string of the molecule is CCn1cc(C=O)c2c(C)nc(C)nc21. The van der Waals surface area contributed by atoms with Gasteiger partial charge in [-0.1, -0.05) is 0 Å². The molecule has 0 unspecified atom stereocenters. The van der Waals surface area contributed by atoms with Crippen LogP contribution in [0.15, 0.2) is 6.20 Å². The number of nitrogens with zero attached hydrogens (tertiary/aromatic N) is 3. The summed E-state index contributed by atoms with van der Waals surface area (Å²) in [6.45, 7) is 6.60. The highest BCUT2D eigenvalue weighted by Crippen LogP contribution is 2.21. The summed E-state index contributed by atoms with van der Waals surface area (Å²) >= 11 is 0. The van der Waals surface area contributed by atoms with Crippen LogP contribution in [0.1, 0.15) is 28.8 Å². The van der Waals surface area contributed by atoms with Crippen molar-refractivity contribution in [1.29, 1.82) is 0 Å². The lowest BCUT2D eigenvalue weighted by atomic mass is 10.2. The van der Waals surface area contributed by atoms with Gasteiger partial charge in [0.1, 0.15) is 11.5 Å². The van der Waals surface area contributed by atoms with Gasteiger partial charge in [0, 0.05) is 18.3 Å². The fraction of sp³-hybridized carbons (Fsp3) is 0.364. The summed E-state index contributed by atoms with van der Waals surface area (Å²) in [6, 6.07) is 0. The average molecular weight is 203 g/mol. The van der Waals surface area contributed by atoms with Crippen molar-refractivity contribution in [3.8, 4) is 0 Å². The molecular weight excluding hydrogens is 190 g/mol. The van der Waals surface area contributed by atoms with Crippen molar-refractivity contribution in [3.63, 3.8) is 0 Å². The highest BCUT2D eigenvalue weighted by molar-refractivity contribution is 5.97. The Balaban J connectivity index is 2.91. The molecule has 0 aliphatic carbocycles. The third-order valence-electron chi connectivity index (χ3n) is 2.51. The van der Waals surface area contributed by atoms with Crippen molar-refractivity contribution in [1.82, 2.24) is 14.5 Å². The Labute approximate surface area is 88.0 Å². The van der Waals surface area contributed by atoms with Gasteiger partial charge in [-0.2, -0.15) is 0 Å². The molecular formula is C11H13N3O. The number of aldehydes is 1. The number of aromatic nitrogens is 3. The number of hydrogen-bond acceptors (Lipinski definition) is 3. The molecule has 0 atom stereocenters. The second-order valence-electron chi connectivity index (χ2n) is 3.54. The molecule has 0 N–H and O–H groups in total. The summed E-state index contributed by atoms with van der Waals surface area (Å²) in [5, 5.41) is 0.873. The number of hydrogen-bond donors (Lipinski definition) is 0. The zero-order valence-corrected chi connectivity index (χ0v) is 9.11. The molecule has 0 aromatic carbocycles. The molecule has 0 saturated carbocycles. The second-order valence-corrected chi connectivity index (χ2v) is 3.54. The molecule has 2 aromatic heterocycles. The second kappa shape index (κ2) is 3.46. The fourth-order valence-corrected chi connectivity index (χ4v) is 1.86. The quantitative estimate of drug-likeness (QED) is 0.700. The number of aryl methyl sites for hydroxylation is 3. The van der Waals surface area contributed by atoms with Crippen LogP contribution in [0.2, 0.25) is 0 Å². The van der Waals surface area contributed by atoms with Crippen LogP contribution in [0.4, 0.5) is 0 Å². The molecule has 0 spiro atoms. The summed E-state index contributed by atoms with van der Waals surface area (Å²) in [6.07, 6.45) is 2.69. The molecule has 0 bridgehead atoms. The third kappa shape index (κ3) is 1.42. The van der Waals surface area contributed by atoms with Crippen LogP contribution in [0.25, 0.3) is 11.0 Å². The van der Waals surface area contributed by atoms with Crippen molar-refractivity contribution in [3.05, 3.63) is 23.3 Å². The van der Waals surface area contributed by atoms with Crippen LogP contribution in [-0.4, -0.2) is 20.8 Å². The molecule has 2 heterocycles. The van der Waals surface area contributed by atoms with E-state index in [1.807, 2.05) is 31.5 Å². The molecule has 15 heavy (non-hydrogen) atoms. The molecule has 2 rings (SSSR count). The first kappa shape index (κ1) is 9.83. The lowest BCUT2D eigenvalue weighted by molar-refractivity contribution is 0.112. The first-order valence-electron chi connectivity index (χ1n) is 4.96. The summed E-state index contributed by atoms with van der Waals surface area (Å²) in [4.78, 5) is 19.6. The molecule has 4 nitrogen and oxygen atoms in total. The molecule has 0 radical (unpaired) electrons. The first-order valence-corrected chi connectivity index (χ1v) is 4.96. The molecule has 0 saturated heterocycles. The van der Waals surface area contributed by atoms with Gasteiger partial charge in [-0.05, 0) is 20.8 Å². The largest absolute Gasteiger partial charge is 0.332 e. The minimum atomic E-state index is 0.671. The maximum atomic E-state index is 10.9. The number of rotatable bonds is 2. The van der Waals surface area contributed by atoms with Gasteiger partial charge >= 0.3 is 0 Å². The standard InChI is InChI=1S/C11H13N3O/c1-4-14-5-9(6-15)10-7(2)12-8(3)13-11(10)14/h5-6H,4H2,1-3H3. The van der Waals surface area contributed by atoms with E-state index in [2.05, 4.69) is 9.97 Å². The third-order valence-corrected chi connectivity index (χ3v) is 2.51. The van der Waals surface area contributed by atoms with E-state index in [0.717, 1.165) is 35.4 Å². The number of fused-ring (bicyclic) bond motifs is 1. The van der Waals surface area contributed by atoms with E-state index in [9.17, 15) is 4.79 Å². The molecule has 0 fully saturated rings. The number of carbonyl (C=O) groups excluding carboxylic acids is 1. The van der Waals surface area contributed by atoms with Crippen molar-refractivity contribution >= 4 is 17.3 Å². The molecule has 0 aliphatic heterocycles. The molecule has 4 heteroatoms. The Hall–Kier alpha value is -1.71. The van der Waals surface area contributed by atoms with E-state index in [4.69, 9.17) is 0 Å². The zero-order chi connectivity index (χ0) is 11.0. The van der Waals surface area contributed by atoms with Crippen LogP contribution in [0.3, 0.4) is 0 Å². The van der Waals surface area contributed by atoms with Gasteiger partial charge in [0.2, 0.25) is 0 Å². The Kier molecular flexibility index (Phi) is 2.26. The normalized spacial score (nSPS) is 10.9. The van der Waals surface area contributed by atoms with Crippen LogP contribution >= 0.6 is 0 Å². The van der Waals surface area contributed by atoms with E-state index >= 15 is 0 Å². The summed E-state index contributed by atoms with van der Waals surface area (Å²) in [5.41, 5.74) is 2.39. The molecule has 0 aliphatic rings. The van der Waals surface area contributed by atoms with Gasteiger partial charge in [-0.15, -0.1) is 0 Å². The predicted octanol–water partition coefficient (Wildman–Crippen LogP) is 1.88. The molecule has 78 valence electrons. The maximum absolute atomic E-state index is 10.9. The van der Waals surface area contributed by atoms with Crippen molar-refractivity contribution in [2.24, 2.45) is 0 Å². The fourth-order valence-electron chi connectivity index (χ4n) is 1.86. The minimum absolute atomic E-state index is 0.671. The highest BCUT2D eigenvalue weighted by Gasteiger charge is 2.12. The van der Waals surface area contributed by atoms with Gasteiger partial charge in [-0.25, -0.2) is 9.97 Å². The number of carbonyl (C=O) groups is 1. The van der Waals surface area contributed by atoms with Crippen LogP contribution in [0.5, 0.6) is 0 Å². The Morgan fingerprint density at radius 1 is 1.40 bits per heavy atom. The van der Waals surface area contributed by atoms with Crippen molar-refractivity contribution in [2.75, 3.05) is 0 Å². The van der Waals surface area contributed by atoms with Crippen LogP contribution in [-0.2, 0) is 6.54 Å². The van der Waals surface area contributed by atoms with E-state index in [0.29, 0.717) is 5.56 Å². The molecule has 0 amide bonds. The monoisotopic (exact) mass is 203 g/mol. The van der Waals surface area contributed by atoms with E-state index < -0.39 is 0 Å². The van der Waals surface area contributed by atoms with Gasteiger partial charge in [0.15, 0.2) is 6.29 Å². The van der Waals surface area contributed by atoms with Gasteiger partial charge < -0.3 is 4.57 Å². The van der Waals surface area contributed by atoms with E-state index in [1.165, 1.54) is 0 Å². The van der Waals surface area contributed by atoms with E-state index in [-0.39, 0.29) is 0 Å². The first-order chi connectivity index (χ1) is 7.17.